The molecule has 12 heteroatoms. The number of phosphoric acid groups is 1. The molecule has 0 aromatic carbocycles. The van der Waals surface area contributed by atoms with Crippen molar-refractivity contribution >= 4 is 7.82 Å². The van der Waals surface area contributed by atoms with Gasteiger partial charge in [0, 0.05) is 0 Å². The molecule has 2 N–H and O–H groups in total. The Bertz CT molecular complexity index is 288. The first kappa shape index (κ1) is 15.6. The SMILES string of the molecule is O=P(O)(O)OC(F)C(F)(F)C(F)(F)C(F)F. The summed E-state index contributed by atoms with van der Waals surface area (Å²) in [5.74, 6) is -12.2. The standard InChI is InChI=1S/C4H4F7O4P/c5-1(6)3(8,9)4(10,11)2(7)15-16(12,13)14/h1-2H,(H2,12,13,14). The van der Waals surface area contributed by atoms with Crippen LogP contribution >= 0.6 is 7.82 Å². The van der Waals surface area contributed by atoms with Crippen molar-refractivity contribution in [3.05, 3.63) is 0 Å². The Labute approximate surface area is 83.2 Å². The number of rotatable bonds is 5. The predicted octanol–water partition coefficient (Wildman–Crippen LogP) is 1.93. The molecule has 0 aliphatic heterocycles. The molecule has 0 radical (unpaired) electrons. The van der Waals surface area contributed by atoms with Crippen molar-refractivity contribution in [2.24, 2.45) is 0 Å². The van der Waals surface area contributed by atoms with E-state index in [1.807, 2.05) is 0 Å². The van der Waals surface area contributed by atoms with E-state index in [4.69, 9.17) is 9.79 Å². The molecule has 0 fully saturated rings. The van der Waals surface area contributed by atoms with Crippen LogP contribution < -0.4 is 0 Å². The molecule has 4 nitrogen and oxygen atoms in total. The van der Waals surface area contributed by atoms with E-state index in [1.54, 1.807) is 0 Å². The highest BCUT2D eigenvalue weighted by Crippen LogP contribution is 2.48. The van der Waals surface area contributed by atoms with Gasteiger partial charge in [-0.15, -0.1) is 0 Å². The Morgan fingerprint density at radius 1 is 1.00 bits per heavy atom. The number of halogens is 7. The summed E-state index contributed by atoms with van der Waals surface area (Å²) in [4.78, 5) is 15.7. The Morgan fingerprint density at radius 3 is 1.62 bits per heavy atom. The highest BCUT2D eigenvalue weighted by molar-refractivity contribution is 7.46. The van der Waals surface area contributed by atoms with Crippen LogP contribution in [0.15, 0.2) is 0 Å². The van der Waals surface area contributed by atoms with Crippen LogP contribution in [0, 0.1) is 0 Å². The molecule has 0 spiro atoms. The van der Waals surface area contributed by atoms with Gasteiger partial charge in [-0.1, -0.05) is 0 Å². The predicted molar refractivity (Wildman–Crippen MR) is 33.9 cm³/mol. The Hall–Kier alpha value is -0.380. The maximum Gasteiger partial charge on any atom is 0.472 e. The lowest BCUT2D eigenvalue weighted by molar-refractivity contribution is -0.312. The van der Waals surface area contributed by atoms with Crippen molar-refractivity contribution in [3.8, 4) is 0 Å². The first-order chi connectivity index (χ1) is 6.82. The van der Waals surface area contributed by atoms with Crippen LogP contribution in [0.1, 0.15) is 0 Å². The van der Waals surface area contributed by atoms with Crippen LogP contribution in [0.5, 0.6) is 0 Å². The zero-order valence-electron chi connectivity index (χ0n) is 6.96. The van der Waals surface area contributed by atoms with Crippen molar-refractivity contribution in [1.29, 1.82) is 0 Å². The molecular weight excluding hydrogens is 276 g/mol. The van der Waals surface area contributed by atoms with Gasteiger partial charge in [0.05, 0.1) is 0 Å². The average molecular weight is 280 g/mol. The Kier molecular flexibility index (Phi) is 4.37. The fourth-order valence-corrected chi connectivity index (χ4v) is 0.857. The number of hydrogen-bond donors (Lipinski definition) is 2. The van der Waals surface area contributed by atoms with Gasteiger partial charge < -0.3 is 9.79 Å². The molecular formula is C4H4F7O4P. The van der Waals surface area contributed by atoms with Gasteiger partial charge in [-0.3, -0.25) is 0 Å². The molecule has 0 saturated carbocycles. The second-order valence-electron chi connectivity index (χ2n) is 2.46. The quantitative estimate of drug-likeness (QED) is 0.596. The minimum absolute atomic E-state index is 2.58. The van der Waals surface area contributed by atoms with Crippen LogP contribution in [0.3, 0.4) is 0 Å². The first-order valence-corrected chi connectivity index (χ1v) is 4.77. The van der Waals surface area contributed by atoms with Gasteiger partial charge in [-0.05, 0) is 0 Å². The van der Waals surface area contributed by atoms with E-state index in [9.17, 15) is 35.3 Å². The molecule has 98 valence electrons. The van der Waals surface area contributed by atoms with Gasteiger partial charge in [0.25, 0.3) is 6.36 Å². The highest BCUT2D eigenvalue weighted by atomic mass is 31.2. The van der Waals surface area contributed by atoms with Crippen molar-refractivity contribution in [1.82, 2.24) is 0 Å². The van der Waals surface area contributed by atoms with Crippen LogP contribution in [0.2, 0.25) is 0 Å². The molecule has 0 rings (SSSR count). The van der Waals surface area contributed by atoms with E-state index in [-0.39, 0.29) is 0 Å². The van der Waals surface area contributed by atoms with Crippen molar-refractivity contribution in [3.63, 3.8) is 0 Å². The fraction of sp³-hybridized carbons (Fsp3) is 1.00. The molecule has 1 atom stereocenters. The third-order valence-electron chi connectivity index (χ3n) is 1.23. The van der Waals surface area contributed by atoms with Gasteiger partial charge >= 0.3 is 26.1 Å². The van der Waals surface area contributed by atoms with Crippen LogP contribution in [-0.2, 0) is 9.09 Å². The minimum atomic E-state index is -6.12. The van der Waals surface area contributed by atoms with E-state index >= 15 is 0 Å². The normalized spacial score (nSPS) is 16.6. The Balaban J connectivity index is 4.99. The molecule has 0 heterocycles. The summed E-state index contributed by atoms with van der Waals surface area (Å²) < 4.78 is 96.4. The molecule has 0 aromatic rings. The zero-order chi connectivity index (χ0) is 13.4. The highest BCUT2D eigenvalue weighted by Gasteiger charge is 2.69. The molecule has 0 aromatic heterocycles. The second-order valence-corrected chi connectivity index (χ2v) is 3.65. The number of alkyl halides is 7. The van der Waals surface area contributed by atoms with E-state index in [2.05, 4.69) is 4.52 Å². The van der Waals surface area contributed by atoms with Crippen molar-refractivity contribution < 1.29 is 49.6 Å². The topological polar surface area (TPSA) is 66.8 Å². The van der Waals surface area contributed by atoms with Crippen molar-refractivity contribution in [2.75, 3.05) is 0 Å². The Morgan fingerprint density at radius 2 is 1.38 bits per heavy atom. The van der Waals surface area contributed by atoms with Crippen LogP contribution in [-0.4, -0.2) is 34.4 Å². The zero-order valence-corrected chi connectivity index (χ0v) is 7.85. The largest absolute Gasteiger partial charge is 0.472 e. The molecule has 1 unspecified atom stereocenters. The summed E-state index contributed by atoms with van der Waals surface area (Å²) in [7, 11) is -5.85. The van der Waals surface area contributed by atoms with Gasteiger partial charge in [-0.25, -0.2) is 22.3 Å². The molecule has 0 aliphatic rings. The second kappa shape index (κ2) is 4.47. The summed E-state index contributed by atoms with van der Waals surface area (Å²) in [6.45, 7) is 0. The molecule has 0 amide bonds. The summed E-state index contributed by atoms with van der Waals surface area (Å²) >= 11 is 0. The average Bonchev–Trinajstić information content (AvgIpc) is 1.99. The first-order valence-electron chi connectivity index (χ1n) is 3.24. The lowest BCUT2D eigenvalue weighted by Gasteiger charge is -2.27. The van der Waals surface area contributed by atoms with E-state index in [1.165, 1.54) is 0 Å². The maximum absolute atomic E-state index is 12.3. The number of phosphoric ester groups is 1. The van der Waals surface area contributed by atoms with Crippen molar-refractivity contribution in [2.45, 2.75) is 24.6 Å². The smallest absolute Gasteiger partial charge is 0.303 e. The van der Waals surface area contributed by atoms with E-state index in [0.29, 0.717) is 0 Å². The van der Waals surface area contributed by atoms with Gasteiger partial charge in [-0.2, -0.15) is 17.6 Å². The molecule has 16 heavy (non-hydrogen) atoms. The third kappa shape index (κ3) is 3.30. The van der Waals surface area contributed by atoms with Crippen LogP contribution in [0.4, 0.5) is 30.7 Å². The lowest BCUT2D eigenvalue weighted by Crippen LogP contribution is -2.52. The van der Waals surface area contributed by atoms with E-state index in [0.717, 1.165) is 0 Å². The molecule has 0 saturated heterocycles. The van der Waals surface area contributed by atoms with Gasteiger partial charge in [0.1, 0.15) is 0 Å². The molecule has 0 bridgehead atoms. The van der Waals surface area contributed by atoms with Crippen LogP contribution in [0.25, 0.3) is 0 Å². The molecule has 0 aliphatic carbocycles. The summed E-state index contributed by atoms with van der Waals surface area (Å²) in [5.41, 5.74) is 0. The lowest BCUT2D eigenvalue weighted by atomic mass is 10.2. The summed E-state index contributed by atoms with van der Waals surface area (Å²) in [5, 5.41) is 0. The monoisotopic (exact) mass is 280 g/mol. The minimum Gasteiger partial charge on any atom is -0.303 e. The number of hydrogen-bond acceptors (Lipinski definition) is 2. The summed E-state index contributed by atoms with van der Waals surface area (Å²) in [6.07, 6.45) is -9.50. The summed E-state index contributed by atoms with van der Waals surface area (Å²) in [6, 6.07) is 0. The fourth-order valence-electron chi connectivity index (χ4n) is 0.484. The maximum atomic E-state index is 12.3. The third-order valence-corrected chi connectivity index (χ3v) is 1.69. The van der Waals surface area contributed by atoms with Gasteiger partial charge in [0.15, 0.2) is 0 Å². The van der Waals surface area contributed by atoms with E-state index < -0.39 is 32.5 Å². The van der Waals surface area contributed by atoms with Gasteiger partial charge in [0.2, 0.25) is 0 Å².